The maximum absolute atomic E-state index is 13.4. The third kappa shape index (κ3) is 5.58. The van der Waals surface area contributed by atoms with E-state index in [1.807, 2.05) is 6.07 Å². The minimum Gasteiger partial charge on any atom is -0.526 e. The first-order valence-corrected chi connectivity index (χ1v) is 12.7. The van der Waals surface area contributed by atoms with Gasteiger partial charge in [-0.2, -0.15) is 0 Å². The van der Waals surface area contributed by atoms with Crippen molar-refractivity contribution in [1.82, 2.24) is 0 Å². The molecule has 0 aromatic heterocycles. The summed E-state index contributed by atoms with van der Waals surface area (Å²) in [4.78, 5) is 17.8. The molecule has 0 amide bonds. The van der Waals surface area contributed by atoms with Crippen molar-refractivity contribution in [3.05, 3.63) is 69.9 Å². The number of phenols is 1. The molecular weight excluding hydrogens is 519 g/mol. The number of hydrogen-bond acceptors (Lipinski definition) is 7. The van der Waals surface area contributed by atoms with Gasteiger partial charge in [-0.25, -0.2) is 0 Å². The van der Waals surface area contributed by atoms with Crippen LogP contribution in [0.5, 0.6) is 5.75 Å². The molecule has 0 radical (unpaired) electrons. The van der Waals surface area contributed by atoms with Gasteiger partial charge in [-0.1, -0.05) is 42.1 Å². The number of thioether (sulfide) groups is 1. The van der Waals surface area contributed by atoms with Gasteiger partial charge in [0.15, 0.2) is 0 Å². The molecule has 164 valence electrons. The zero-order chi connectivity index (χ0) is 22.6. The van der Waals surface area contributed by atoms with Crippen LogP contribution in [0.4, 0.5) is 5.69 Å². The molecule has 3 rings (SSSR count). The summed E-state index contributed by atoms with van der Waals surface area (Å²) < 4.78 is 24.3. The number of phenolic OH excluding ortho intramolecular Hbond substituents is 1. The van der Waals surface area contributed by atoms with Gasteiger partial charge < -0.3 is 18.9 Å². The zero-order valence-corrected chi connectivity index (χ0v) is 25.5. The Bertz CT molecular complexity index is 1230. The summed E-state index contributed by atoms with van der Waals surface area (Å²) in [7, 11) is -3.60. The van der Waals surface area contributed by atoms with Gasteiger partial charge in [-0.15, -0.1) is 29.3 Å². The standard InChI is InChI=1S/C23H25NO5PS.Rb/c1-5-28-30(27,29-6-2)19-14-10-9-13-18(19)24-23(31-4)20-21(25)15(3)16-11-7-8-12-17(16)22(20)26;/h7-14,26H,5-6H2,1-4H3;/q-1;+1. The predicted molar refractivity (Wildman–Crippen MR) is 129 cm³/mol. The fourth-order valence-corrected chi connectivity index (χ4v) is 5.68. The molecule has 0 heterocycles. The number of hydrogen-bond donors (Lipinski definition) is 1. The van der Waals surface area contributed by atoms with Crippen molar-refractivity contribution in [2.45, 2.75) is 20.8 Å². The molecule has 3 aromatic rings. The van der Waals surface area contributed by atoms with Gasteiger partial charge in [0.2, 0.25) is 0 Å². The molecular formula is C23H25NO5PRbS. The number of aromatic hydroxyl groups is 1. The van der Waals surface area contributed by atoms with Crippen molar-refractivity contribution in [2.75, 3.05) is 19.5 Å². The Labute approximate surface area is 241 Å². The smallest absolute Gasteiger partial charge is 0.526 e. The summed E-state index contributed by atoms with van der Waals surface area (Å²) in [5.74, 6) is -0.116. The molecule has 0 spiro atoms. The summed E-state index contributed by atoms with van der Waals surface area (Å²) in [5.41, 5.74) is 0.732. The van der Waals surface area contributed by atoms with Crippen LogP contribution in [-0.4, -0.2) is 29.6 Å². The van der Waals surface area contributed by atoms with Crippen LogP contribution in [0, 0.1) is 6.92 Å². The largest absolute Gasteiger partial charge is 1.00 e. The molecule has 32 heavy (non-hydrogen) atoms. The van der Waals surface area contributed by atoms with Crippen LogP contribution in [0.1, 0.15) is 25.0 Å². The van der Waals surface area contributed by atoms with Crippen molar-refractivity contribution in [1.29, 1.82) is 0 Å². The Morgan fingerprint density at radius 2 is 1.69 bits per heavy atom. The topological polar surface area (TPSA) is 85.2 Å². The quantitative estimate of drug-likeness (QED) is 0.213. The first-order chi connectivity index (χ1) is 14.9. The van der Waals surface area contributed by atoms with E-state index in [4.69, 9.17) is 9.05 Å². The Morgan fingerprint density at radius 3 is 2.31 bits per heavy atom. The second kappa shape index (κ2) is 12.3. The van der Waals surface area contributed by atoms with E-state index < -0.39 is 7.60 Å². The molecule has 0 saturated heterocycles. The molecule has 0 fully saturated rings. The van der Waals surface area contributed by atoms with E-state index in [2.05, 4.69) is 4.99 Å². The number of benzene rings is 3. The number of para-hydroxylation sites is 1. The molecule has 0 bridgehead atoms. The third-order valence-corrected chi connectivity index (χ3v) is 7.64. The van der Waals surface area contributed by atoms with Crippen LogP contribution in [0.15, 0.2) is 58.3 Å². The van der Waals surface area contributed by atoms with Gasteiger partial charge in [0.05, 0.1) is 35.0 Å². The van der Waals surface area contributed by atoms with Crippen LogP contribution in [0.3, 0.4) is 0 Å². The van der Waals surface area contributed by atoms with Gasteiger partial charge in [-0.3, -0.25) is 9.56 Å². The molecule has 9 heteroatoms. The van der Waals surface area contributed by atoms with Gasteiger partial charge in [0, 0.05) is 5.56 Å². The molecule has 0 saturated carbocycles. The van der Waals surface area contributed by atoms with Gasteiger partial charge in [0.1, 0.15) is 5.43 Å². The molecule has 1 N–H and O–H groups in total. The zero-order valence-electron chi connectivity index (χ0n) is 18.9. The monoisotopic (exact) mass is 543 g/mol. The van der Waals surface area contributed by atoms with E-state index in [1.165, 1.54) is 11.8 Å². The van der Waals surface area contributed by atoms with Crippen LogP contribution >= 0.6 is 19.4 Å². The third-order valence-electron chi connectivity index (χ3n) is 4.79. The molecule has 0 unspecified atom stereocenters. The Morgan fingerprint density at radius 1 is 1.09 bits per heavy atom. The first-order valence-electron chi connectivity index (χ1n) is 9.90. The van der Waals surface area contributed by atoms with E-state index >= 15 is 0 Å². The van der Waals surface area contributed by atoms with Crippen molar-refractivity contribution in [3.8, 4) is 5.75 Å². The summed E-state index contributed by atoms with van der Waals surface area (Å²) in [6.07, 6.45) is 1.77. The maximum atomic E-state index is 13.4. The van der Waals surface area contributed by atoms with Crippen molar-refractivity contribution in [3.63, 3.8) is 0 Å². The Hall–Kier alpha value is -0.505. The fourth-order valence-electron chi connectivity index (χ4n) is 3.39. The van der Waals surface area contributed by atoms with E-state index in [1.54, 1.807) is 69.5 Å². The van der Waals surface area contributed by atoms with Gasteiger partial charge in [0.25, 0.3) is 0 Å². The first kappa shape index (κ1) is 27.7. The van der Waals surface area contributed by atoms with E-state index in [0.717, 1.165) is 0 Å². The second-order valence-electron chi connectivity index (χ2n) is 6.67. The normalized spacial score (nSPS) is 12.1. The van der Waals surface area contributed by atoms with Gasteiger partial charge in [-0.05, 0) is 32.2 Å². The van der Waals surface area contributed by atoms with E-state index in [9.17, 15) is 14.5 Å². The van der Waals surface area contributed by atoms with E-state index in [-0.39, 0.29) is 88.1 Å². The number of aryl methyl sites for hydroxylation is 1. The average Bonchev–Trinajstić information content (AvgIpc) is 2.77. The van der Waals surface area contributed by atoms with Crippen molar-refractivity contribution >= 4 is 46.2 Å². The number of fused-ring (bicyclic) bond motifs is 1. The number of nitrogens with zero attached hydrogens (tertiary/aromatic N) is 1. The van der Waals surface area contributed by atoms with Gasteiger partial charge >= 0.3 is 65.8 Å². The average molecular weight is 544 g/mol. The van der Waals surface area contributed by atoms with Crippen molar-refractivity contribution in [2.24, 2.45) is 4.99 Å². The number of rotatable bonds is 7. The molecule has 0 atom stereocenters. The molecule has 3 aromatic carbocycles. The summed E-state index contributed by atoms with van der Waals surface area (Å²) in [5, 5.41) is 12.9. The summed E-state index contributed by atoms with van der Waals surface area (Å²) >= 11 is 1.23. The van der Waals surface area contributed by atoms with Crippen LogP contribution in [-0.2, 0) is 13.6 Å². The van der Waals surface area contributed by atoms with Crippen LogP contribution in [0.2, 0.25) is 0 Å². The molecule has 0 aliphatic carbocycles. The van der Waals surface area contributed by atoms with Crippen LogP contribution < -0.4 is 68.9 Å². The summed E-state index contributed by atoms with van der Waals surface area (Å²) in [6.45, 7) is 5.63. The Balaban J connectivity index is 0.00000363. The maximum Gasteiger partial charge on any atom is 1.00 e. The summed E-state index contributed by atoms with van der Waals surface area (Å²) in [6, 6.07) is 14.0. The van der Waals surface area contributed by atoms with Crippen LogP contribution in [0.25, 0.3) is 10.8 Å². The molecule has 6 nitrogen and oxygen atoms in total. The number of aliphatic imine (C=N–C) groups is 1. The minimum atomic E-state index is -3.60. The fraction of sp³-hybridized carbons (Fsp3) is 0.261. The Kier molecular flexibility index (Phi) is 10.6. The van der Waals surface area contributed by atoms with Crippen molar-refractivity contribution < 1.29 is 76.9 Å². The molecule has 0 aliphatic heterocycles. The second-order valence-corrected chi connectivity index (χ2v) is 9.45. The predicted octanol–water partition coefficient (Wildman–Crippen LogP) is 2.27. The SMILES string of the molecule is CCOP(=O)(OCC)c1ccccc1N=C(SC)c1c(O)c2ccccc2[c-](C)c1=O.[Rb+]. The van der Waals surface area contributed by atoms with E-state index in [0.29, 0.717) is 32.4 Å². The molecule has 0 aliphatic rings. The minimum absolute atomic E-state index is 0.